The Hall–Kier alpha value is -3.38. The zero-order valence-electron chi connectivity index (χ0n) is 18.3. The smallest absolute Gasteiger partial charge is 0.341 e. The number of aromatic nitrogens is 3. The van der Waals surface area contributed by atoms with E-state index in [1.165, 1.54) is 6.26 Å². The minimum atomic E-state index is -0.686. The van der Waals surface area contributed by atoms with Gasteiger partial charge in [-0.15, -0.1) is 28.1 Å². The lowest BCUT2D eigenvalue weighted by Gasteiger charge is -2.10. The van der Waals surface area contributed by atoms with E-state index in [1.807, 2.05) is 0 Å². The normalized spacial score (nSPS) is 10.9. The molecule has 0 unspecified atom stereocenters. The molecule has 3 N–H and O–H groups in total. The molecular formula is C21H23N5O5S2. The number of anilines is 1. The highest BCUT2D eigenvalue weighted by atomic mass is 32.2. The lowest BCUT2D eigenvalue weighted by molar-refractivity contribution is -0.113. The topological polar surface area (TPSA) is 142 Å². The SMILES string of the molecule is C=CCn1c(SCC(=O)Nc2sc(C(N)=O)c(C)c2C(=O)OC(C)C)nnc1-c1ccco1. The summed E-state index contributed by atoms with van der Waals surface area (Å²) in [6, 6.07) is 3.51. The summed E-state index contributed by atoms with van der Waals surface area (Å²) in [4.78, 5) is 37.2. The van der Waals surface area contributed by atoms with E-state index >= 15 is 0 Å². The van der Waals surface area contributed by atoms with Crippen LogP contribution in [0.3, 0.4) is 0 Å². The zero-order valence-corrected chi connectivity index (χ0v) is 19.9. The fourth-order valence-corrected chi connectivity index (χ4v) is 4.74. The van der Waals surface area contributed by atoms with Crippen molar-refractivity contribution < 1.29 is 23.5 Å². The minimum absolute atomic E-state index is 0.0189. The van der Waals surface area contributed by atoms with E-state index in [9.17, 15) is 14.4 Å². The maximum Gasteiger partial charge on any atom is 0.341 e. The first-order valence-electron chi connectivity index (χ1n) is 9.87. The van der Waals surface area contributed by atoms with Gasteiger partial charge in [0, 0.05) is 6.54 Å². The van der Waals surface area contributed by atoms with Gasteiger partial charge in [0.1, 0.15) is 5.00 Å². The number of esters is 1. The number of rotatable bonds is 10. The molecule has 12 heteroatoms. The van der Waals surface area contributed by atoms with Crippen LogP contribution in [0.15, 0.2) is 40.6 Å². The molecule has 3 heterocycles. The molecule has 0 saturated carbocycles. The van der Waals surface area contributed by atoms with Crippen molar-refractivity contribution in [2.24, 2.45) is 5.73 Å². The Bertz CT molecular complexity index is 1180. The number of hydrogen-bond donors (Lipinski definition) is 2. The maximum atomic E-state index is 12.7. The molecule has 0 fully saturated rings. The van der Waals surface area contributed by atoms with Crippen molar-refractivity contribution in [3.8, 4) is 11.6 Å². The van der Waals surface area contributed by atoms with Crippen LogP contribution in [0.2, 0.25) is 0 Å². The van der Waals surface area contributed by atoms with Crippen molar-refractivity contribution >= 4 is 45.9 Å². The molecule has 3 rings (SSSR count). The van der Waals surface area contributed by atoms with Gasteiger partial charge in [-0.05, 0) is 38.5 Å². The summed E-state index contributed by atoms with van der Waals surface area (Å²) in [6.45, 7) is 9.17. The van der Waals surface area contributed by atoms with E-state index in [2.05, 4.69) is 22.1 Å². The summed E-state index contributed by atoms with van der Waals surface area (Å²) in [5.41, 5.74) is 5.91. The van der Waals surface area contributed by atoms with E-state index in [-0.39, 0.29) is 27.3 Å². The number of allylic oxidation sites excluding steroid dienone is 1. The minimum Gasteiger partial charge on any atom is -0.461 e. The van der Waals surface area contributed by atoms with Crippen LogP contribution >= 0.6 is 23.1 Å². The summed E-state index contributed by atoms with van der Waals surface area (Å²) in [5, 5.41) is 11.7. The van der Waals surface area contributed by atoms with Crippen LogP contribution in [0.25, 0.3) is 11.6 Å². The Kier molecular flexibility index (Phi) is 7.71. The number of nitrogens with one attached hydrogen (secondary N) is 1. The predicted octanol–water partition coefficient (Wildman–Crippen LogP) is 3.49. The molecule has 0 aromatic carbocycles. The third kappa shape index (κ3) is 5.52. The van der Waals surface area contributed by atoms with Gasteiger partial charge < -0.3 is 20.2 Å². The molecule has 3 aromatic rings. The number of hydrogen-bond acceptors (Lipinski definition) is 9. The predicted molar refractivity (Wildman–Crippen MR) is 125 cm³/mol. The largest absolute Gasteiger partial charge is 0.461 e. The Balaban J connectivity index is 1.78. The summed E-state index contributed by atoms with van der Waals surface area (Å²) < 4.78 is 12.4. The van der Waals surface area contributed by atoms with Crippen molar-refractivity contribution in [1.82, 2.24) is 14.8 Å². The molecule has 0 aliphatic rings. The van der Waals surface area contributed by atoms with Gasteiger partial charge in [0.2, 0.25) is 11.7 Å². The van der Waals surface area contributed by atoms with E-state index in [0.717, 1.165) is 23.1 Å². The van der Waals surface area contributed by atoms with Crippen LogP contribution < -0.4 is 11.1 Å². The van der Waals surface area contributed by atoms with Crippen LogP contribution in [0.5, 0.6) is 0 Å². The molecule has 0 saturated heterocycles. The van der Waals surface area contributed by atoms with E-state index in [0.29, 0.717) is 28.8 Å². The third-order valence-electron chi connectivity index (χ3n) is 4.27. The van der Waals surface area contributed by atoms with E-state index in [4.69, 9.17) is 14.9 Å². The van der Waals surface area contributed by atoms with Gasteiger partial charge in [0.25, 0.3) is 5.91 Å². The van der Waals surface area contributed by atoms with E-state index in [1.54, 1.807) is 43.5 Å². The summed E-state index contributed by atoms with van der Waals surface area (Å²) in [6.07, 6.45) is 2.85. The van der Waals surface area contributed by atoms with Crippen molar-refractivity contribution in [2.45, 2.75) is 38.6 Å². The lowest BCUT2D eigenvalue weighted by atomic mass is 10.1. The molecule has 0 aliphatic heterocycles. The average molecular weight is 490 g/mol. The summed E-state index contributed by atoms with van der Waals surface area (Å²) in [5.74, 6) is -0.682. The second-order valence-corrected chi connectivity index (χ2v) is 9.06. The number of thiophene rings is 1. The number of primary amides is 1. The highest BCUT2D eigenvalue weighted by molar-refractivity contribution is 7.99. The van der Waals surface area contributed by atoms with Gasteiger partial charge in [0.15, 0.2) is 10.9 Å². The quantitative estimate of drug-likeness (QED) is 0.250. The molecule has 33 heavy (non-hydrogen) atoms. The summed E-state index contributed by atoms with van der Waals surface area (Å²) >= 11 is 2.10. The molecule has 0 radical (unpaired) electrons. The number of carbonyl (C=O) groups is 3. The number of nitrogens with zero attached hydrogens (tertiary/aromatic N) is 3. The van der Waals surface area contributed by atoms with Crippen molar-refractivity contribution in [3.63, 3.8) is 0 Å². The second kappa shape index (κ2) is 10.5. The second-order valence-electron chi connectivity index (χ2n) is 7.10. The molecule has 0 bridgehead atoms. The van der Waals surface area contributed by atoms with Crippen LogP contribution in [0, 0.1) is 6.92 Å². The van der Waals surface area contributed by atoms with Crippen molar-refractivity contribution in [3.05, 3.63) is 47.1 Å². The van der Waals surface area contributed by atoms with E-state index < -0.39 is 17.8 Å². The average Bonchev–Trinajstić information content (AvgIpc) is 3.45. The number of thioether (sulfide) groups is 1. The lowest BCUT2D eigenvalue weighted by Crippen LogP contribution is -2.18. The van der Waals surface area contributed by atoms with Crippen LogP contribution in [0.4, 0.5) is 5.00 Å². The van der Waals surface area contributed by atoms with Crippen molar-refractivity contribution in [1.29, 1.82) is 0 Å². The van der Waals surface area contributed by atoms with Gasteiger partial charge in [-0.25, -0.2) is 4.79 Å². The zero-order chi connectivity index (χ0) is 24.1. The summed E-state index contributed by atoms with van der Waals surface area (Å²) in [7, 11) is 0. The first-order chi connectivity index (χ1) is 15.7. The van der Waals surface area contributed by atoms with Gasteiger partial charge in [-0.3, -0.25) is 14.2 Å². The van der Waals surface area contributed by atoms with Gasteiger partial charge in [-0.1, -0.05) is 17.8 Å². The highest BCUT2D eigenvalue weighted by Gasteiger charge is 2.26. The number of carbonyl (C=O) groups excluding carboxylic acids is 3. The molecule has 0 atom stereocenters. The molecule has 10 nitrogen and oxygen atoms in total. The third-order valence-corrected chi connectivity index (χ3v) is 6.46. The molecular weight excluding hydrogens is 466 g/mol. The number of amides is 2. The Morgan fingerprint density at radius 2 is 2.15 bits per heavy atom. The molecule has 0 spiro atoms. The van der Waals surface area contributed by atoms with Crippen LogP contribution in [-0.4, -0.2) is 44.4 Å². The first kappa shape index (κ1) is 24.3. The molecule has 2 amide bonds. The Morgan fingerprint density at radius 1 is 1.39 bits per heavy atom. The van der Waals surface area contributed by atoms with Crippen LogP contribution in [0.1, 0.15) is 39.4 Å². The van der Waals surface area contributed by atoms with Gasteiger partial charge in [0.05, 0.1) is 28.6 Å². The first-order valence-corrected chi connectivity index (χ1v) is 11.7. The number of furan rings is 1. The fourth-order valence-electron chi connectivity index (χ4n) is 2.93. The highest BCUT2D eigenvalue weighted by Crippen LogP contribution is 2.34. The number of ether oxygens (including phenoxy) is 1. The maximum absolute atomic E-state index is 12.7. The molecule has 3 aromatic heterocycles. The molecule has 0 aliphatic carbocycles. The van der Waals surface area contributed by atoms with Crippen molar-refractivity contribution in [2.75, 3.05) is 11.1 Å². The fraction of sp³-hybridized carbons (Fsp3) is 0.286. The monoisotopic (exact) mass is 489 g/mol. The van der Waals surface area contributed by atoms with Gasteiger partial charge >= 0.3 is 5.97 Å². The Morgan fingerprint density at radius 3 is 2.76 bits per heavy atom. The molecule has 174 valence electrons. The standard InChI is InChI=1S/C21H23N5O5S2/c1-5-8-26-18(13-7-6-9-30-13)24-25-21(26)32-10-14(27)23-19-15(20(29)31-11(2)3)12(4)16(33-19)17(22)28/h5-7,9,11H,1,8,10H2,2-4H3,(H2,22,28)(H,23,27). The number of nitrogens with two attached hydrogens (primary N) is 1. The van der Waals surface area contributed by atoms with Crippen LogP contribution in [-0.2, 0) is 16.1 Å². The van der Waals surface area contributed by atoms with Gasteiger partial charge in [-0.2, -0.15) is 0 Å². The Labute approximate surface area is 198 Å².